The van der Waals surface area contributed by atoms with Gasteiger partial charge in [0.05, 0.1) is 16.4 Å². The van der Waals surface area contributed by atoms with Gasteiger partial charge in [-0.25, -0.2) is 4.98 Å². The van der Waals surface area contributed by atoms with Crippen molar-refractivity contribution in [2.75, 3.05) is 0 Å². The molecule has 4 heteroatoms. The molecule has 2 rings (SSSR count). The van der Waals surface area contributed by atoms with Crippen LogP contribution in [0.1, 0.15) is 16.7 Å². The molecule has 0 saturated heterocycles. The van der Waals surface area contributed by atoms with Crippen LogP contribution in [0, 0.1) is 0 Å². The fraction of sp³-hybridized carbons (Fsp3) is 0.300. The van der Waals surface area contributed by atoms with Crippen LogP contribution in [0.25, 0.3) is 9.88 Å². The quantitative estimate of drug-likeness (QED) is 0.871. The van der Waals surface area contributed by atoms with Crippen molar-refractivity contribution in [1.82, 2.24) is 4.98 Å². The number of aryl methyl sites for hydroxylation is 1. The zero-order chi connectivity index (χ0) is 9.97. The molecule has 0 amide bonds. The molecule has 0 spiro atoms. The molecule has 0 bridgehead atoms. The van der Waals surface area contributed by atoms with Crippen LogP contribution in [0.5, 0.6) is 0 Å². The SMILES string of the molecule is CCc1ccc(-c2ncc(CO)s2)s1. The molecule has 0 unspecified atom stereocenters. The summed E-state index contributed by atoms with van der Waals surface area (Å²) >= 11 is 3.34. The third-order valence-corrected chi connectivity index (χ3v) is 4.31. The zero-order valence-corrected chi connectivity index (χ0v) is 9.49. The Morgan fingerprint density at radius 1 is 1.29 bits per heavy atom. The first-order valence-electron chi connectivity index (χ1n) is 4.48. The predicted octanol–water partition coefficient (Wildman–Crippen LogP) is 2.93. The minimum Gasteiger partial charge on any atom is -0.391 e. The van der Waals surface area contributed by atoms with Crippen LogP contribution in [0.2, 0.25) is 0 Å². The minimum atomic E-state index is 0.0870. The van der Waals surface area contributed by atoms with Gasteiger partial charge in [-0.05, 0) is 18.6 Å². The van der Waals surface area contributed by atoms with Gasteiger partial charge in [-0.3, -0.25) is 0 Å². The van der Waals surface area contributed by atoms with Crippen molar-refractivity contribution in [2.24, 2.45) is 0 Å². The third-order valence-electron chi connectivity index (χ3n) is 1.93. The fourth-order valence-corrected chi connectivity index (χ4v) is 2.96. The molecule has 0 saturated carbocycles. The first-order valence-corrected chi connectivity index (χ1v) is 6.11. The molecule has 74 valence electrons. The number of thiophene rings is 1. The van der Waals surface area contributed by atoms with Crippen molar-refractivity contribution in [2.45, 2.75) is 20.0 Å². The van der Waals surface area contributed by atoms with E-state index in [4.69, 9.17) is 5.11 Å². The van der Waals surface area contributed by atoms with E-state index in [0.29, 0.717) is 0 Å². The molecular weight excluding hydrogens is 214 g/mol. The second-order valence-corrected chi connectivity index (χ2v) is 5.19. The van der Waals surface area contributed by atoms with Crippen molar-refractivity contribution in [3.05, 3.63) is 28.1 Å². The van der Waals surface area contributed by atoms with Crippen LogP contribution in [-0.2, 0) is 13.0 Å². The minimum absolute atomic E-state index is 0.0870. The summed E-state index contributed by atoms with van der Waals surface area (Å²) in [5.41, 5.74) is 0. The molecule has 2 nitrogen and oxygen atoms in total. The van der Waals surface area contributed by atoms with E-state index >= 15 is 0 Å². The number of aliphatic hydroxyl groups excluding tert-OH is 1. The van der Waals surface area contributed by atoms with Gasteiger partial charge in [0.15, 0.2) is 0 Å². The Bertz CT molecular complexity index is 379. The Labute approximate surface area is 90.9 Å². The highest BCUT2D eigenvalue weighted by Crippen LogP contribution is 2.31. The first-order chi connectivity index (χ1) is 6.83. The second-order valence-electron chi connectivity index (χ2n) is 2.91. The van der Waals surface area contributed by atoms with Crippen LogP contribution in [0.3, 0.4) is 0 Å². The normalized spacial score (nSPS) is 10.7. The molecule has 2 heterocycles. The maximum absolute atomic E-state index is 8.92. The molecule has 0 aliphatic rings. The maximum Gasteiger partial charge on any atom is 0.133 e. The van der Waals surface area contributed by atoms with Crippen molar-refractivity contribution < 1.29 is 5.11 Å². The molecule has 0 aromatic carbocycles. The van der Waals surface area contributed by atoms with Gasteiger partial charge in [-0.15, -0.1) is 22.7 Å². The van der Waals surface area contributed by atoms with Gasteiger partial charge in [0.2, 0.25) is 0 Å². The number of rotatable bonds is 3. The van der Waals surface area contributed by atoms with Crippen molar-refractivity contribution in [1.29, 1.82) is 0 Å². The van der Waals surface area contributed by atoms with Crippen LogP contribution < -0.4 is 0 Å². The Hall–Kier alpha value is -0.710. The van der Waals surface area contributed by atoms with E-state index in [1.165, 1.54) is 9.75 Å². The number of hydrogen-bond donors (Lipinski definition) is 1. The summed E-state index contributed by atoms with van der Waals surface area (Å²) in [5.74, 6) is 0. The number of aromatic nitrogens is 1. The van der Waals surface area contributed by atoms with Crippen LogP contribution in [-0.4, -0.2) is 10.1 Å². The summed E-state index contributed by atoms with van der Waals surface area (Å²) in [5, 5.41) is 9.94. The molecule has 0 atom stereocenters. The molecule has 14 heavy (non-hydrogen) atoms. The standard InChI is InChI=1S/C10H11NOS2/c1-2-7-3-4-9(13-7)10-11-5-8(6-12)14-10/h3-5,12H,2,6H2,1H3. The Morgan fingerprint density at radius 2 is 2.14 bits per heavy atom. The summed E-state index contributed by atoms with van der Waals surface area (Å²) in [6.07, 6.45) is 2.81. The van der Waals surface area contributed by atoms with Gasteiger partial charge in [0.1, 0.15) is 5.01 Å². The van der Waals surface area contributed by atoms with Crippen molar-refractivity contribution in [3.63, 3.8) is 0 Å². The smallest absolute Gasteiger partial charge is 0.133 e. The second kappa shape index (κ2) is 4.21. The molecule has 0 fully saturated rings. The van der Waals surface area contributed by atoms with E-state index in [1.807, 2.05) is 0 Å². The Kier molecular flexibility index (Phi) is 2.96. The summed E-state index contributed by atoms with van der Waals surface area (Å²) in [4.78, 5) is 7.77. The van der Waals surface area contributed by atoms with Gasteiger partial charge in [0.25, 0.3) is 0 Å². The summed E-state index contributed by atoms with van der Waals surface area (Å²) in [7, 11) is 0. The molecule has 1 N–H and O–H groups in total. The summed E-state index contributed by atoms with van der Waals surface area (Å²) in [6, 6.07) is 4.24. The van der Waals surface area contributed by atoms with Gasteiger partial charge in [-0.2, -0.15) is 0 Å². The molecule has 2 aromatic heterocycles. The zero-order valence-electron chi connectivity index (χ0n) is 7.86. The van der Waals surface area contributed by atoms with Crippen LogP contribution in [0.15, 0.2) is 18.3 Å². The van der Waals surface area contributed by atoms with Gasteiger partial charge in [-0.1, -0.05) is 6.92 Å². The first kappa shape index (κ1) is 9.83. The maximum atomic E-state index is 8.92. The Balaban J connectivity index is 2.29. The molecular formula is C10H11NOS2. The number of aliphatic hydroxyl groups is 1. The highest BCUT2D eigenvalue weighted by Gasteiger charge is 2.06. The highest BCUT2D eigenvalue weighted by molar-refractivity contribution is 7.21. The van der Waals surface area contributed by atoms with E-state index in [2.05, 4.69) is 24.0 Å². The molecule has 0 radical (unpaired) electrons. The lowest BCUT2D eigenvalue weighted by molar-refractivity contribution is 0.285. The van der Waals surface area contributed by atoms with Crippen molar-refractivity contribution >= 4 is 22.7 Å². The van der Waals surface area contributed by atoms with Gasteiger partial charge < -0.3 is 5.11 Å². The van der Waals surface area contributed by atoms with Gasteiger partial charge in [0, 0.05) is 11.1 Å². The topological polar surface area (TPSA) is 33.1 Å². The van der Waals surface area contributed by atoms with E-state index in [1.54, 1.807) is 28.9 Å². The van der Waals surface area contributed by atoms with Crippen LogP contribution in [0.4, 0.5) is 0 Å². The number of thiazole rings is 1. The largest absolute Gasteiger partial charge is 0.391 e. The van der Waals surface area contributed by atoms with E-state index < -0.39 is 0 Å². The molecule has 0 aliphatic heterocycles. The lowest BCUT2D eigenvalue weighted by Crippen LogP contribution is -1.70. The monoisotopic (exact) mass is 225 g/mol. The third kappa shape index (κ3) is 1.87. The number of hydrogen-bond acceptors (Lipinski definition) is 4. The summed E-state index contributed by atoms with van der Waals surface area (Å²) < 4.78 is 0. The fourth-order valence-electron chi connectivity index (χ4n) is 1.18. The average Bonchev–Trinajstić information content (AvgIpc) is 2.86. The summed E-state index contributed by atoms with van der Waals surface area (Å²) in [6.45, 7) is 2.24. The van der Waals surface area contributed by atoms with E-state index in [9.17, 15) is 0 Å². The van der Waals surface area contributed by atoms with E-state index in [-0.39, 0.29) is 6.61 Å². The Morgan fingerprint density at radius 3 is 2.71 bits per heavy atom. The average molecular weight is 225 g/mol. The van der Waals surface area contributed by atoms with E-state index in [0.717, 1.165) is 16.3 Å². The lowest BCUT2D eigenvalue weighted by Gasteiger charge is -1.87. The molecule has 0 aliphatic carbocycles. The van der Waals surface area contributed by atoms with Gasteiger partial charge >= 0.3 is 0 Å². The molecule has 2 aromatic rings. The van der Waals surface area contributed by atoms with Crippen molar-refractivity contribution in [3.8, 4) is 9.88 Å². The van der Waals surface area contributed by atoms with Crippen LogP contribution >= 0.6 is 22.7 Å². The lowest BCUT2D eigenvalue weighted by atomic mass is 10.4. The predicted molar refractivity (Wildman–Crippen MR) is 60.7 cm³/mol. The highest BCUT2D eigenvalue weighted by atomic mass is 32.1. The number of nitrogens with zero attached hydrogens (tertiary/aromatic N) is 1.